The van der Waals surface area contributed by atoms with E-state index in [-0.39, 0.29) is 38.2 Å². The van der Waals surface area contributed by atoms with Gasteiger partial charge in [0.05, 0.1) is 32.3 Å². The van der Waals surface area contributed by atoms with Crippen LogP contribution in [0.5, 0.6) is 0 Å². The molecule has 1 aliphatic heterocycles. The Morgan fingerprint density at radius 1 is 1.22 bits per heavy atom. The first kappa shape index (κ1) is 17.3. The zero-order valence-electron chi connectivity index (χ0n) is 11.8. The second-order valence-electron chi connectivity index (χ2n) is 5.22. The largest absolute Gasteiger partial charge is 0.322 e. The molecule has 122 valence electrons. The molecule has 8 heteroatoms. The number of nitrogens with zero attached hydrogens (tertiary/aromatic N) is 1. The standard InChI is InChI=1S/C15H12Cl4N2OS/c16-9-5-10(17)14(19)15(13(9)18)20-12(22)7-21-3-1-11-8(6-21)2-4-23-11/h2,4-5H,1,3,6-7H2,(H,20,22). The van der Waals surface area contributed by atoms with Crippen LogP contribution in [-0.4, -0.2) is 23.9 Å². The summed E-state index contributed by atoms with van der Waals surface area (Å²) in [4.78, 5) is 15.8. The highest BCUT2D eigenvalue weighted by molar-refractivity contribution is 7.10. The fourth-order valence-electron chi connectivity index (χ4n) is 2.51. The van der Waals surface area contributed by atoms with Crippen molar-refractivity contribution in [1.29, 1.82) is 0 Å². The van der Waals surface area contributed by atoms with E-state index in [0.29, 0.717) is 0 Å². The minimum absolute atomic E-state index is 0.188. The summed E-state index contributed by atoms with van der Waals surface area (Å²) in [6, 6.07) is 3.56. The number of carbonyl (C=O) groups excluding carboxylic acids is 1. The van der Waals surface area contributed by atoms with Crippen LogP contribution in [0.2, 0.25) is 20.1 Å². The van der Waals surface area contributed by atoms with Crippen LogP contribution in [0.15, 0.2) is 17.5 Å². The molecule has 0 bridgehead atoms. The molecule has 1 N–H and O–H groups in total. The van der Waals surface area contributed by atoms with E-state index in [9.17, 15) is 4.79 Å². The number of anilines is 1. The summed E-state index contributed by atoms with van der Waals surface area (Å²) < 4.78 is 0. The highest BCUT2D eigenvalue weighted by Crippen LogP contribution is 2.41. The maximum absolute atomic E-state index is 12.3. The van der Waals surface area contributed by atoms with Gasteiger partial charge in [0.2, 0.25) is 5.91 Å². The van der Waals surface area contributed by atoms with Crippen molar-refractivity contribution >= 4 is 69.3 Å². The Morgan fingerprint density at radius 2 is 1.91 bits per heavy atom. The third-order valence-corrected chi connectivity index (χ3v) is 6.23. The van der Waals surface area contributed by atoms with E-state index in [1.165, 1.54) is 16.5 Å². The normalized spacial score (nSPS) is 14.6. The Morgan fingerprint density at radius 3 is 2.61 bits per heavy atom. The second kappa shape index (κ2) is 7.18. The van der Waals surface area contributed by atoms with Crippen LogP contribution in [0.1, 0.15) is 10.4 Å². The van der Waals surface area contributed by atoms with E-state index in [4.69, 9.17) is 46.4 Å². The number of nitrogens with one attached hydrogen (secondary N) is 1. The Bertz CT molecular complexity index is 736. The van der Waals surface area contributed by atoms with Crippen molar-refractivity contribution in [3.8, 4) is 0 Å². The van der Waals surface area contributed by atoms with Crippen LogP contribution in [0.3, 0.4) is 0 Å². The minimum Gasteiger partial charge on any atom is -0.322 e. The van der Waals surface area contributed by atoms with Crippen LogP contribution in [-0.2, 0) is 17.8 Å². The molecule has 1 amide bonds. The summed E-state index contributed by atoms with van der Waals surface area (Å²) in [6.07, 6.45) is 0.963. The molecule has 2 heterocycles. The van der Waals surface area contributed by atoms with Crippen LogP contribution in [0, 0.1) is 0 Å². The van der Waals surface area contributed by atoms with Gasteiger partial charge in [-0.3, -0.25) is 9.69 Å². The molecular formula is C15H12Cl4N2OS. The molecule has 3 rings (SSSR count). The van der Waals surface area contributed by atoms with Crippen LogP contribution in [0.25, 0.3) is 0 Å². The van der Waals surface area contributed by atoms with E-state index < -0.39 is 0 Å². The number of benzene rings is 1. The maximum atomic E-state index is 12.3. The maximum Gasteiger partial charge on any atom is 0.238 e. The summed E-state index contributed by atoms with van der Waals surface area (Å²) in [5.41, 5.74) is 1.54. The van der Waals surface area contributed by atoms with E-state index in [0.717, 1.165) is 19.5 Å². The summed E-state index contributed by atoms with van der Waals surface area (Å²) in [7, 11) is 0. The first-order chi connectivity index (χ1) is 11.0. The second-order valence-corrected chi connectivity index (χ2v) is 7.79. The molecule has 0 saturated carbocycles. The zero-order valence-corrected chi connectivity index (χ0v) is 15.7. The Hall–Kier alpha value is -0.490. The lowest BCUT2D eigenvalue weighted by Crippen LogP contribution is -2.36. The van der Waals surface area contributed by atoms with Gasteiger partial charge in [-0.15, -0.1) is 11.3 Å². The van der Waals surface area contributed by atoms with E-state index in [1.54, 1.807) is 11.3 Å². The van der Waals surface area contributed by atoms with Gasteiger partial charge in [-0.25, -0.2) is 0 Å². The minimum atomic E-state index is -0.203. The van der Waals surface area contributed by atoms with Gasteiger partial charge in [-0.1, -0.05) is 46.4 Å². The van der Waals surface area contributed by atoms with Crippen LogP contribution in [0.4, 0.5) is 5.69 Å². The lowest BCUT2D eigenvalue weighted by molar-refractivity contribution is -0.117. The van der Waals surface area contributed by atoms with Gasteiger partial charge in [0.1, 0.15) is 0 Å². The van der Waals surface area contributed by atoms with Crippen LogP contribution < -0.4 is 5.32 Å². The molecule has 0 radical (unpaired) electrons. The first-order valence-corrected chi connectivity index (χ1v) is 9.25. The molecule has 1 aliphatic rings. The summed E-state index contributed by atoms with van der Waals surface area (Å²) in [5.74, 6) is -0.203. The Kier molecular flexibility index (Phi) is 5.41. The van der Waals surface area contributed by atoms with E-state index in [1.807, 2.05) is 0 Å². The number of halogens is 4. The Balaban J connectivity index is 1.69. The highest BCUT2D eigenvalue weighted by Gasteiger charge is 2.21. The number of fused-ring (bicyclic) bond motifs is 1. The SMILES string of the molecule is O=C(CN1CCc2sccc2C1)Nc1c(Cl)c(Cl)cc(Cl)c1Cl. The molecule has 0 unspecified atom stereocenters. The third-order valence-electron chi connectivity index (χ3n) is 3.63. The molecular weight excluding hydrogens is 398 g/mol. The van der Waals surface area contributed by atoms with Crippen molar-refractivity contribution < 1.29 is 4.79 Å². The van der Waals surface area contributed by atoms with Crippen molar-refractivity contribution in [1.82, 2.24) is 4.90 Å². The molecule has 3 nitrogen and oxygen atoms in total. The Labute approximate surface area is 158 Å². The van der Waals surface area contributed by atoms with Gasteiger partial charge in [0.15, 0.2) is 0 Å². The van der Waals surface area contributed by atoms with Crippen molar-refractivity contribution in [2.45, 2.75) is 13.0 Å². The van der Waals surface area contributed by atoms with Gasteiger partial charge < -0.3 is 5.32 Å². The van der Waals surface area contributed by atoms with Crippen molar-refractivity contribution in [2.24, 2.45) is 0 Å². The first-order valence-electron chi connectivity index (χ1n) is 6.86. The lowest BCUT2D eigenvalue weighted by atomic mass is 10.1. The monoisotopic (exact) mass is 408 g/mol. The number of rotatable bonds is 3. The van der Waals surface area contributed by atoms with Crippen molar-refractivity contribution in [2.75, 3.05) is 18.4 Å². The quantitative estimate of drug-likeness (QED) is 0.692. The van der Waals surface area contributed by atoms with Gasteiger partial charge in [-0.05, 0) is 29.5 Å². The molecule has 1 aromatic carbocycles. The molecule has 1 aromatic heterocycles. The number of hydrogen-bond donors (Lipinski definition) is 1. The van der Waals surface area contributed by atoms with Gasteiger partial charge in [0.25, 0.3) is 0 Å². The average molecular weight is 410 g/mol. The third kappa shape index (κ3) is 3.78. The number of amides is 1. The molecule has 23 heavy (non-hydrogen) atoms. The fourth-order valence-corrected chi connectivity index (χ4v) is 4.30. The van der Waals surface area contributed by atoms with E-state index >= 15 is 0 Å². The average Bonchev–Trinajstić information content (AvgIpc) is 2.97. The number of thiophene rings is 1. The van der Waals surface area contributed by atoms with Gasteiger partial charge >= 0.3 is 0 Å². The van der Waals surface area contributed by atoms with Crippen molar-refractivity contribution in [3.05, 3.63) is 48.0 Å². The number of hydrogen-bond acceptors (Lipinski definition) is 3. The van der Waals surface area contributed by atoms with Crippen LogP contribution >= 0.6 is 57.7 Å². The number of carbonyl (C=O) groups is 1. The predicted molar refractivity (Wildman–Crippen MR) is 98.4 cm³/mol. The smallest absolute Gasteiger partial charge is 0.238 e. The summed E-state index contributed by atoms with van der Waals surface area (Å²) in [5, 5.41) is 5.67. The predicted octanol–water partition coefficient (Wildman–Crippen LogP) is 5.36. The summed E-state index contributed by atoms with van der Waals surface area (Å²) in [6.45, 7) is 1.87. The molecule has 0 aliphatic carbocycles. The summed E-state index contributed by atoms with van der Waals surface area (Å²) >= 11 is 25.9. The fraction of sp³-hybridized carbons (Fsp3) is 0.267. The van der Waals surface area contributed by atoms with Gasteiger partial charge in [-0.2, -0.15) is 0 Å². The molecule has 0 fully saturated rings. The van der Waals surface area contributed by atoms with Gasteiger partial charge in [0, 0.05) is 18.0 Å². The van der Waals surface area contributed by atoms with E-state index in [2.05, 4.69) is 21.7 Å². The topological polar surface area (TPSA) is 32.3 Å². The molecule has 2 aromatic rings. The molecule has 0 atom stereocenters. The molecule has 0 saturated heterocycles. The van der Waals surface area contributed by atoms with Crippen molar-refractivity contribution in [3.63, 3.8) is 0 Å². The highest BCUT2D eigenvalue weighted by atomic mass is 35.5. The zero-order chi connectivity index (χ0) is 16.6. The molecule has 0 spiro atoms. The lowest BCUT2D eigenvalue weighted by Gasteiger charge is -2.26.